The van der Waals surface area contributed by atoms with Gasteiger partial charge >= 0.3 is 0 Å². The summed E-state index contributed by atoms with van der Waals surface area (Å²) in [6.45, 7) is 11.7. The van der Waals surface area contributed by atoms with Crippen LogP contribution < -0.4 is 10.9 Å². The first-order chi connectivity index (χ1) is 17.2. The number of imidazole rings is 1. The van der Waals surface area contributed by atoms with E-state index in [0.717, 1.165) is 41.9 Å². The zero-order valence-corrected chi connectivity index (χ0v) is 22.2. The Kier molecular flexibility index (Phi) is 7.76. The number of fused-ring (bicyclic) bond motifs is 1. The lowest BCUT2D eigenvalue weighted by Crippen LogP contribution is -2.26. The van der Waals surface area contributed by atoms with Crippen LogP contribution in [0, 0.1) is 11.3 Å². The molecule has 1 aliphatic rings. The molecule has 36 heavy (non-hydrogen) atoms. The molecule has 3 aromatic rings. The summed E-state index contributed by atoms with van der Waals surface area (Å²) in [5.74, 6) is 2.30. The zero-order chi connectivity index (χ0) is 25.9. The van der Waals surface area contributed by atoms with Gasteiger partial charge in [0, 0.05) is 24.1 Å². The largest absolute Gasteiger partial charge is 0.353 e. The van der Waals surface area contributed by atoms with E-state index < -0.39 is 0 Å². The fourth-order valence-corrected chi connectivity index (χ4v) is 5.22. The number of H-pyrrole nitrogens is 1. The molecule has 1 saturated carbocycles. The Morgan fingerprint density at radius 3 is 2.61 bits per heavy atom. The number of hydrogen-bond acceptors (Lipinski definition) is 4. The van der Waals surface area contributed by atoms with Crippen molar-refractivity contribution in [1.29, 1.82) is 0 Å². The molecule has 7 heteroatoms. The van der Waals surface area contributed by atoms with Crippen molar-refractivity contribution >= 4 is 17.5 Å². The molecule has 2 N–H and O–H groups in total. The highest BCUT2D eigenvalue weighted by molar-refractivity contribution is 5.91. The van der Waals surface area contributed by atoms with Crippen LogP contribution in [0.5, 0.6) is 0 Å². The summed E-state index contributed by atoms with van der Waals surface area (Å²) in [7, 11) is 0. The van der Waals surface area contributed by atoms with Crippen LogP contribution in [-0.4, -0.2) is 32.0 Å². The Balaban J connectivity index is 1.67. The highest BCUT2D eigenvalue weighted by Crippen LogP contribution is 2.43. The maximum absolute atomic E-state index is 13.2. The van der Waals surface area contributed by atoms with Gasteiger partial charge in [0.2, 0.25) is 5.91 Å². The highest BCUT2D eigenvalue weighted by Gasteiger charge is 2.32. The summed E-state index contributed by atoms with van der Waals surface area (Å²) in [6, 6.07) is 7.68. The monoisotopic (exact) mass is 489 g/mol. The van der Waals surface area contributed by atoms with E-state index in [-0.39, 0.29) is 11.5 Å². The maximum Gasteiger partial charge on any atom is 0.277 e. The van der Waals surface area contributed by atoms with Gasteiger partial charge < -0.3 is 10.3 Å². The lowest BCUT2D eigenvalue weighted by atomic mass is 9.70. The van der Waals surface area contributed by atoms with Gasteiger partial charge in [0.15, 0.2) is 11.3 Å². The third-order valence-corrected chi connectivity index (χ3v) is 7.39. The van der Waals surface area contributed by atoms with Crippen LogP contribution in [0.2, 0.25) is 0 Å². The smallest absolute Gasteiger partial charge is 0.277 e. The molecule has 1 aliphatic carbocycles. The Bertz CT molecular complexity index is 1300. The molecule has 2 heterocycles. The second kappa shape index (κ2) is 10.8. The van der Waals surface area contributed by atoms with Gasteiger partial charge in [-0.3, -0.25) is 9.59 Å². The van der Waals surface area contributed by atoms with Crippen LogP contribution in [0.3, 0.4) is 0 Å². The van der Waals surface area contributed by atoms with Crippen molar-refractivity contribution in [3.63, 3.8) is 0 Å². The van der Waals surface area contributed by atoms with Gasteiger partial charge in [-0.25, -0.2) is 9.50 Å². The van der Waals surface area contributed by atoms with Crippen LogP contribution in [-0.2, 0) is 11.2 Å². The van der Waals surface area contributed by atoms with Crippen molar-refractivity contribution in [1.82, 2.24) is 24.9 Å². The normalized spacial score (nSPS) is 18.7. The third kappa shape index (κ3) is 5.61. The van der Waals surface area contributed by atoms with Crippen molar-refractivity contribution in [2.24, 2.45) is 11.3 Å². The molecule has 0 saturated heterocycles. The van der Waals surface area contributed by atoms with Crippen molar-refractivity contribution < 1.29 is 4.79 Å². The first-order valence-corrected chi connectivity index (χ1v) is 13.3. The minimum Gasteiger partial charge on any atom is -0.353 e. The molecule has 0 unspecified atom stereocenters. The molecule has 1 fully saturated rings. The molecule has 7 nitrogen and oxygen atoms in total. The number of nitrogens with zero attached hydrogens (tertiary/aromatic N) is 3. The van der Waals surface area contributed by atoms with E-state index in [1.807, 2.05) is 38.1 Å². The molecule has 1 amide bonds. The van der Waals surface area contributed by atoms with Crippen LogP contribution in [0.25, 0.3) is 23.0 Å². The summed E-state index contributed by atoms with van der Waals surface area (Å²) < 4.78 is 1.80. The van der Waals surface area contributed by atoms with Crippen LogP contribution in [0.15, 0.2) is 35.1 Å². The first kappa shape index (κ1) is 25.9. The fraction of sp³-hybridized carbons (Fsp3) is 0.517. The second-order valence-electron chi connectivity index (χ2n) is 11.0. The summed E-state index contributed by atoms with van der Waals surface area (Å²) in [6.07, 6.45) is 9.35. The van der Waals surface area contributed by atoms with Gasteiger partial charge in [0.1, 0.15) is 5.82 Å². The number of aromatic amines is 1. The molecule has 192 valence electrons. The number of aryl methyl sites for hydroxylation is 1. The zero-order valence-electron chi connectivity index (χ0n) is 22.2. The van der Waals surface area contributed by atoms with E-state index in [0.29, 0.717) is 41.6 Å². The molecule has 1 aromatic carbocycles. The second-order valence-corrected chi connectivity index (χ2v) is 11.0. The van der Waals surface area contributed by atoms with Crippen LogP contribution in [0.1, 0.15) is 89.7 Å². The Hall–Kier alpha value is -3.22. The molecular weight excluding hydrogens is 450 g/mol. The number of carbonyl (C=O) groups excluding carboxylic acids is 1. The van der Waals surface area contributed by atoms with Gasteiger partial charge in [0.05, 0.1) is 5.69 Å². The Morgan fingerprint density at radius 1 is 1.19 bits per heavy atom. The van der Waals surface area contributed by atoms with Gasteiger partial charge in [-0.05, 0) is 67.6 Å². The number of aromatic nitrogens is 4. The number of benzene rings is 1. The topological polar surface area (TPSA) is 92.2 Å². The lowest BCUT2D eigenvalue weighted by molar-refractivity contribution is -0.116. The number of nitrogens with one attached hydrogen (secondary N) is 2. The molecule has 0 radical (unpaired) electrons. The fourth-order valence-electron chi connectivity index (χ4n) is 5.22. The number of amides is 1. The summed E-state index contributed by atoms with van der Waals surface area (Å²) in [5.41, 5.74) is 3.16. The van der Waals surface area contributed by atoms with Gasteiger partial charge in [-0.1, -0.05) is 52.8 Å². The van der Waals surface area contributed by atoms with Crippen molar-refractivity contribution in [2.45, 2.75) is 79.1 Å². The number of rotatable bonds is 7. The van der Waals surface area contributed by atoms with E-state index in [1.165, 1.54) is 18.9 Å². The lowest BCUT2D eigenvalue weighted by Gasteiger charge is -2.36. The molecule has 0 atom stereocenters. The Labute approximate surface area is 213 Å². The standard InChI is InChI=1S/C29H39N5O2/c1-6-17-30-24(35)16-11-19-9-8-10-21(18-19)26-32-28(36)25-23(7-2)31-27(34(25)33-26)20-12-14-22(15-13-20)29(3,4)5/h8-11,16,18,20,22H,6-7,12-15,17H2,1-5H3,(H,30,35)(H,32,33,36)/t20-,22+. The molecule has 0 spiro atoms. The number of hydrogen-bond donors (Lipinski definition) is 2. The van der Waals surface area contributed by atoms with Gasteiger partial charge in [-0.2, -0.15) is 0 Å². The average molecular weight is 490 g/mol. The van der Waals surface area contributed by atoms with Crippen LogP contribution >= 0.6 is 0 Å². The molecule has 0 aliphatic heterocycles. The average Bonchev–Trinajstić information content (AvgIpc) is 3.25. The SMILES string of the molecule is CCCNC(=O)C=Cc1cccc(-c2nn3c(c(CC)nc3[C@H]3CC[C@@H](C(C)(C)C)CC3)c(=O)[nH]2)c1. The maximum atomic E-state index is 13.2. The number of carbonyl (C=O) groups is 1. The minimum atomic E-state index is -0.168. The van der Waals surface area contributed by atoms with Crippen molar-refractivity contribution in [3.8, 4) is 11.4 Å². The highest BCUT2D eigenvalue weighted by atomic mass is 16.1. The predicted molar refractivity (Wildman–Crippen MR) is 145 cm³/mol. The summed E-state index contributed by atoms with van der Waals surface area (Å²) in [5, 5.41) is 7.73. The van der Waals surface area contributed by atoms with E-state index >= 15 is 0 Å². The quantitative estimate of drug-likeness (QED) is 0.428. The third-order valence-electron chi connectivity index (χ3n) is 7.39. The van der Waals surface area contributed by atoms with Crippen molar-refractivity contribution in [3.05, 3.63) is 57.8 Å². The van der Waals surface area contributed by atoms with E-state index in [4.69, 9.17) is 10.1 Å². The van der Waals surface area contributed by atoms with Crippen LogP contribution in [0.4, 0.5) is 0 Å². The first-order valence-electron chi connectivity index (χ1n) is 13.3. The predicted octanol–water partition coefficient (Wildman–Crippen LogP) is 5.51. The molecule has 4 rings (SSSR count). The van der Waals surface area contributed by atoms with Gasteiger partial charge in [-0.15, -0.1) is 5.10 Å². The van der Waals surface area contributed by atoms with E-state index in [2.05, 4.69) is 31.1 Å². The van der Waals surface area contributed by atoms with E-state index in [1.54, 1.807) is 10.6 Å². The molecule has 0 bridgehead atoms. The molecule has 2 aromatic heterocycles. The summed E-state index contributed by atoms with van der Waals surface area (Å²) in [4.78, 5) is 33.1. The summed E-state index contributed by atoms with van der Waals surface area (Å²) >= 11 is 0. The Morgan fingerprint density at radius 2 is 1.94 bits per heavy atom. The molecular formula is C29H39N5O2. The minimum absolute atomic E-state index is 0.119. The van der Waals surface area contributed by atoms with Crippen molar-refractivity contribution in [2.75, 3.05) is 6.54 Å². The van der Waals surface area contributed by atoms with E-state index in [9.17, 15) is 9.59 Å². The van der Waals surface area contributed by atoms with Gasteiger partial charge in [0.25, 0.3) is 5.56 Å².